The molecule has 0 aliphatic carbocycles. The summed E-state index contributed by atoms with van der Waals surface area (Å²) in [6, 6.07) is 0. The highest BCUT2D eigenvalue weighted by atomic mass is 35.5. The van der Waals surface area contributed by atoms with Crippen LogP contribution in [0.2, 0.25) is 0 Å². The van der Waals surface area contributed by atoms with Gasteiger partial charge < -0.3 is 4.74 Å². The van der Waals surface area contributed by atoms with E-state index in [9.17, 15) is 4.79 Å². The number of hydrogen-bond donors (Lipinski definition) is 0. The highest BCUT2D eigenvalue weighted by Crippen LogP contribution is 2.12. The summed E-state index contributed by atoms with van der Waals surface area (Å²) in [7, 11) is 0. The molecule has 0 radical (unpaired) electrons. The van der Waals surface area contributed by atoms with Crippen LogP contribution in [0.25, 0.3) is 0 Å². The lowest BCUT2D eigenvalue weighted by Gasteiger charge is -1.97. The van der Waals surface area contributed by atoms with Gasteiger partial charge in [-0.15, -0.1) is 22.9 Å². The van der Waals surface area contributed by atoms with Crippen molar-refractivity contribution in [1.29, 1.82) is 0 Å². The third-order valence-corrected chi connectivity index (χ3v) is 2.18. The molecule has 0 unspecified atom stereocenters. The van der Waals surface area contributed by atoms with Crippen LogP contribution in [0.3, 0.4) is 0 Å². The van der Waals surface area contributed by atoms with Crippen LogP contribution in [-0.2, 0) is 4.74 Å². The molecule has 0 spiro atoms. The van der Waals surface area contributed by atoms with Crippen LogP contribution in [0.15, 0.2) is 5.51 Å². The quantitative estimate of drug-likeness (QED) is 0.442. The molecule has 0 aliphatic heterocycles. The number of carbonyl (C=O) groups excluding carboxylic acids is 1. The van der Waals surface area contributed by atoms with Crippen LogP contribution in [0.1, 0.15) is 22.3 Å². The SMILES string of the molecule is CCOC(=O)c1ncsc1C#CCCl. The van der Waals surface area contributed by atoms with Crippen LogP contribution in [0, 0.1) is 11.8 Å². The van der Waals surface area contributed by atoms with Crippen molar-refractivity contribution in [3.63, 3.8) is 0 Å². The van der Waals surface area contributed by atoms with Crippen molar-refractivity contribution in [2.24, 2.45) is 0 Å². The largest absolute Gasteiger partial charge is 0.461 e. The van der Waals surface area contributed by atoms with E-state index in [-0.39, 0.29) is 11.6 Å². The zero-order valence-corrected chi connectivity index (χ0v) is 9.11. The number of ether oxygens (including phenoxy) is 1. The summed E-state index contributed by atoms with van der Waals surface area (Å²) in [5, 5.41) is 0. The summed E-state index contributed by atoms with van der Waals surface area (Å²) in [6.45, 7) is 2.08. The van der Waals surface area contributed by atoms with Crippen LogP contribution < -0.4 is 0 Å². The monoisotopic (exact) mass is 229 g/mol. The smallest absolute Gasteiger partial charge is 0.359 e. The fourth-order valence-corrected chi connectivity index (χ4v) is 1.50. The number of aromatic nitrogens is 1. The van der Waals surface area contributed by atoms with Gasteiger partial charge in [-0.1, -0.05) is 11.8 Å². The highest BCUT2D eigenvalue weighted by Gasteiger charge is 2.13. The predicted octanol–water partition coefficient (Wildman–Crippen LogP) is 1.91. The third-order valence-electron chi connectivity index (χ3n) is 1.30. The Morgan fingerprint density at radius 2 is 2.57 bits per heavy atom. The Kier molecular flexibility index (Phi) is 4.44. The van der Waals surface area contributed by atoms with Gasteiger partial charge in [-0.3, -0.25) is 0 Å². The summed E-state index contributed by atoms with van der Waals surface area (Å²) >= 11 is 6.71. The molecule has 0 saturated carbocycles. The van der Waals surface area contributed by atoms with E-state index >= 15 is 0 Å². The Morgan fingerprint density at radius 3 is 3.21 bits per heavy atom. The normalized spacial score (nSPS) is 9.00. The van der Waals surface area contributed by atoms with Crippen LogP contribution >= 0.6 is 22.9 Å². The Balaban J connectivity index is 2.87. The van der Waals surface area contributed by atoms with Gasteiger partial charge in [-0.25, -0.2) is 9.78 Å². The van der Waals surface area contributed by atoms with Crippen LogP contribution in [0.5, 0.6) is 0 Å². The molecule has 14 heavy (non-hydrogen) atoms. The Labute approximate surface area is 91.1 Å². The van der Waals surface area contributed by atoms with E-state index in [2.05, 4.69) is 16.8 Å². The van der Waals surface area contributed by atoms with Gasteiger partial charge in [0.2, 0.25) is 0 Å². The molecule has 0 aliphatic rings. The first kappa shape index (κ1) is 11.0. The Morgan fingerprint density at radius 1 is 1.79 bits per heavy atom. The predicted molar refractivity (Wildman–Crippen MR) is 55.7 cm³/mol. The maximum atomic E-state index is 11.3. The van der Waals surface area contributed by atoms with Gasteiger partial charge in [0, 0.05) is 0 Å². The average molecular weight is 230 g/mol. The molecular formula is C9H8ClNO2S. The fraction of sp³-hybridized carbons (Fsp3) is 0.333. The Hall–Kier alpha value is -1.05. The first-order chi connectivity index (χ1) is 6.79. The summed E-state index contributed by atoms with van der Waals surface area (Å²) in [5.74, 6) is 5.22. The molecule has 5 heteroatoms. The maximum Gasteiger partial charge on any atom is 0.359 e. The van der Waals surface area contributed by atoms with Gasteiger partial charge in [0.05, 0.1) is 18.0 Å². The van der Waals surface area contributed by atoms with Gasteiger partial charge in [0.1, 0.15) is 4.88 Å². The second-order valence-electron chi connectivity index (χ2n) is 2.19. The average Bonchev–Trinajstić information content (AvgIpc) is 2.63. The number of carbonyl (C=O) groups is 1. The topological polar surface area (TPSA) is 39.2 Å². The van der Waals surface area contributed by atoms with Crippen molar-refractivity contribution >= 4 is 28.9 Å². The molecule has 1 heterocycles. The zero-order valence-electron chi connectivity index (χ0n) is 7.54. The minimum Gasteiger partial charge on any atom is -0.461 e. The number of halogens is 1. The van der Waals surface area contributed by atoms with Gasteiger partial charge >= 0.3 is 5.97 Å². The van der Waals surface area contributed by atoms with E-state index < -0.39 is 5.97 Å². The van der Waals surface area contributed by atoms with Crippen LogP contribution in [-0.4, -0.2) is 23.4 Å². The molecule has 0 saturated heterocycles. The standard InChI is InChI=1S/C9H8ClNO2S/c1-2-13-9(12)8-7(4-3-5-10)14-6-11-8/h6H,2,5H2,1H3. The second kappa shape index (κ2) is 5.63. The van der Waals surface area contributed by atoms with Gasteiger partial charge in [0.15, 0.2) is 5.69 Å². The molecule has 0 bridgehead atoms. The first-order valence-corrected chi connectivity index (χ1v) is 5.36. The fourth-order valence-electron chi connectivity index (χ4n) is 0.793. The molecule has 0 aromatic carbocycles. The number of thiazole rings is 1. The molecule has 1 rings (SSSR count). The minimum absolute atomic E-state index is 0.236. The first-order valence-electron chi connectivity index (χ1n) is 3.95. The van der Waals surface area contributed by atoms with Crippen molar-refractivity contribution in [3.05, 3.63) is 16.1 Å². The van der Waals surface area contributed by atoms with Crippen molar-refractivity contribution in [2.45, 2.75) is 6.92 Å². The van der Waals surface area contributed by atoms with Crippen LogP contribution in [0.4, 0.5) is 0 Å². The maximum absolute atomic E-state index is 11.3. The molecule has 74 valence electrons. The van der Waals surface area contributed by atoms with E-state index in [0.717, 1.165) is 0 Å². The molecule has 0 atom stereocenters. The molecule has 1 aromatic rings. The van der Waals surface area contributed by atoms with E-state index in [4.69, 9.17) is 16.3 Å². The minimum atomic E-state index is -0.437. The molecule has 3 nitrogen and oxygen atoms in total. The van der Waals surface area contributed by atoms with Crippen molar-refractivity contribution < 1.29 is 9.53 Å². The number of rotatable bonds is 2. The van der Waals surface area contributed by atoms with Gasteiger partial charge in [0.25, 0.3) is 0 Å². The molecule has 0 N–H and O–H groups in total. The zero-order chi connectivity index (χ0) is 10.4. The number of hydrogen-bond acceptors (Lipinski definition) is 4. The number of nitrogens with zero attached hydrogens (tertiary/aromatic N) is 1. The molecule has 0 fully saturated rings. The van der Waals surface area contributed by atoms with Gasteiger partial charge in [-0.2, -0.15) is 0 Å². The van der Waals surface area contributed by atoms with Crippen molar-refractivity contribution in [1.82, 2.24) is 4.98 Å². The van der Waals surface area contributed by atoms with Crippen molar-refractivity contribution in [3.8, 4) is 11.8 Å². The van der Waals surface area contributed by atoms with Gasteiger partial charge in [-0.05, 0) is 6.92 Å². The third kappa shape index (κ3) is 2.72. The lowest BCUT2D eigenvalue weighted by Crippen LogP contribution is -2.06. The summed E-state index contributed by atoms with van der Waals surface area (Å²) in [4.78, 5) is 15.8. The second-order valence-corrected chi connectivity index (χ2v) is 3.31. The summed E-state index contributed by atoms with van der Waals surface area (Å²) in [6.07, 6.45) is 0. The molecule has 1 aromatic heterocycles. The van der Waals surface area contributed by atoms with E-state index in [1.165, 1.54) is 11.3 Å². The van der Waals surface area contributed by atoms with E-state index in [0.29, 0.717) is 11.5 Å². The number of esters is 1. The highest BCUT2D eigenvalue weighted by molar-refractivity contribution is 7.10. The lowest BCUT2D eigenvalue weighted by molar-refractivity contribution is 0.0520. The molecule has 0 amide bonds. The van der Waals surface area contributed by atoms with Crippen molar-refractivity contribution in [2.75, 3.05) is 12.5 Å². The summed E-state index contributed by atoms with van der Waals surface area (Å²) in [5.41, 5.74) is 1.83. The van der Waals surface area contributed by atoms with E-state index in [1.807, 2.05) is 0 Å². The lowest BCUT2D eigenvalue weighted by atomic mass is 10.3. The number of alkyl halides is 1. The summed E-state index contributed by atoms with van der Waals surface area (Å²) < 4.78 is 4.81. The molecular weight excluding hydrogens is 222 g/mol. The van der Waals surface area contributed by atoms with E-state index in [1.54, 1.807) is 12.4 Å². The Bertz CT molecular complexity index is 378.